The van der Waals surface area contributed by atoms with Crippen LogP contribution >= 0.6 is 0 Å². The fraction of sp³-hybridized carbons (Fsp3) is 0.378. The van der Waals surface area contributed by atoms with Gasteiger partial charge in [0.05, 0.1) is 41.7 Å². The van der Waals surface area contributed by atoms with E-state index in [1.54, 1.807) is 39.7 Å². The van der Waals surface area contributed by atoms with E-state index in [0.717, 1.165) is 11.4 Å². The Morgan fingerprint density at radius 1 is 0.846 bits per heavy atom. The van der Waals surface area contributed by atoms with Gasteiger partial charge in [-0.3, -0.25) is 34.4 Å². The number of hydrogen-bond acceptors (Lipinski definition) is 13. The number of aryl methyl sites for hydroxylation is 4. The smallest absolute Gasteiger partial charge is 0.276 e. The molecule has 0 radical (unpaired) electrons. The zero-order valence-corrected chi connectivity index (χ0v) is 37.8. The van der Waals surface area contributed by atoms with Crippen LogP contribution in [0.3, 0.4) is 0 Å². The average molecular weight is 890 g/mol. The lowest BCUT2D eigenvalue weighted by molar-refractivity contribution is -0.181. The number of nitrogens with two attached hydrogens (primary N) is 2. The lowest BCUT2D eigenvalue weighted by atomic mass is 10.1. The normalized spacial score (nSPS) is 12.5. The molecule has 3 amide bonds. The summed E-state index contributed by atoms with van der Waals surface area (Å²) in [5.74, 6) is -0.325. The number of methoxy groups -OCH3 is 1. The second-order valence-electron chi connectivity index (χ2n) is 16.4. The summed E-state index contributed by atoms with van der Waals surface area (Å²) in [4.78, 5) is 53.3. The number of carbonyl (C=O) groups is 3. The Labute approximate surface area is 374 Å². The molecule has 2 aromatic carbocycles. The predicted molar refractivity (Wildman–Crippen MR) is 245 cm³/mol. The van der Waals surface area contributed by atoms with Gasteiger partial charge in [-0.25, -0.2) is 15.0 Å². The number of nitrogens with one attached hydrogen (secondary N) is 2. The van der Waals surface area contributed by atoms with Gasteiger partial charge < -0.3 is 39.9 Å². The summed E-state index contributed by atoms with van der Waals surface area (Å²) in [5, 5.41) is 26.5. The number of nitrogens with zero attached hydrogens (tertiary/aromatic N) is 9. The van der Waals surface area contributed by atoms with Crippen molar-refractivity contribution in [3.05, 3.63) is 83.0 Å². The van der Waals surface area contributed by atoms with Gasteiger partial charge in [-0.2, -0.15) is 10.2 Å². The standard InChI is InChI=1S/C45H55N13O7/c1-9-57-32(18-25(3)53-57)40-49-24-30-29-20-27(38(46)59)23-35(64-17-13-14-48-44(62)65-45(5,6)7)36(29)55(41(30)51-40)15-11-12-16-56-37-31(21-28(39(47)60)22-34(37)63-8)50-43(56)52-42(61)33-19-26(4)54-58(33)10-2/h11-12,18-24,44,48,62H,9-10,13-17H2,1-8H3,(H2,46,59)(H2,47,60)(H,50,52,61)/b12-11+. The van der Waals surface area contributed by atoms with Crippen molar-refractivity contribution >= 4 is 56.6 Å². The summed E-state index contributed by atoms with van der Waals surface area (Å²) in [6.45, 7) is 15.3. The van der Waals surface area contributed by atoms with Crippen LogP contribution in [0.1, 0.15) is 83.6 Å². The van der Waals surface area contributed by atoms with Gasteiger partial charge in [0.15, 0.2) is 5.82 Å². The van der Waals surface area contributed by atoms with Crippen LogP contribution in [0, 0.1) is 13.8 Å². The number of aromatic nitrogens is 9. The molecule has 0 aliphatic heterocycles. The van der Waals surface area contributed by atoms with Crippen molar-refractivity contribution in [2.45, 2.75) is 93.1 Å². The fourth-order valence-corrected chi connectivity index (χ4v) is 7.64. The van der Waals surface area contributed by atoms with Crippen molar-refractivity contribution in [1.82, 2.24) is 49.0 Å². The summed E-state index contributed by atoms with van der Waals surface area (Å²) >= 11 is 0. The number of primary amides is 2. The van der Waals surface area contributed by atoms with E-state index in [1.807, 2.05) is 75.9 Å². The molecular formula is C45H55N13O7. The number of aliphatic hydroxyl groups is 1. The Kier molecular flexibility index (Phi) is 13.3. The molecule has 0 fully saturated rings. The molecule has 1 unspecified atom stereocenters. The number of imidazole rings is 1. The topological polar surface area (TPSA) is 259 Å². The molecule has 0 bridgehead atoms. The minimum Gasteiger partial charge on any atom is -0.494 e. The van der Waals surface area contributed by atoms with E-state index >= 15 is 0 Å². The Balaban J connectivity index is 1.29. The summed E-state index contributed by atoms with van der Waals surface area (Å²) in [5.41, 5.74) is 16.1. The van der Waals surface area contributed by atoms with Crippen molar-refractivity contribution in [3.8, 4) is 23.0 Å². The molecule has 20 heteroatoms. The number of anilines is 1. The third-order valence-corrected chi connectivity index (χ3v) is 10.5. The van der Waals surface area contributed by atoms with E-state index in [4.69, 9.17) is 40.6 Å². The maximum Gasteiger partial charge on any atom is 0.276 e. The number of rotatable bonds is 19. The maximum atomic E-state index is 13.7. The zero-order valence-electron chi connectivity index (χ0n) is 37.8. The minimum atomic E-state index is -1.16. The fourth-order valence-electron chi connectivity index (χ4n) is 7.64. The van der Waals surface area contributed by atoms with Crippen molar-refractivity contribution in [2.75, 3.05) is 25.6 Å². The number of allylic oxidation sites excluding steroid dienone is 2. The van der Waals surface area contributed by atoms with Gasteiger partial charge in [-0.05, 0) is 91.3 Å². The summed E-state index contributed by atoms with van der Waals surface area (Å²) < 4.78 is 24.9. The van der Waals surface area contributed by atoms with E-state index in [-0.39, 0.29) is 36.8 Å². The van der Waals surface area contributed by atoms with Crippen LogP contribution in [-0.2, 0) is 30.9 Å². The number of hydrogen-bond donors (Lipinski definition) is 5. The summed E-state index contributed by atoms with van der Waals surface area (Å²) in [7, 11) is 1.48. The van der Waals surface area contributed by atoms with Crippen LogP contribution in [0.15, 0.2) is 54.7 Å². The van der Waals surface area contributed by atoms with Crippen molar-refractivity contribution in [1.29, 1.82) is 0 Å². The largest absolute Gasteiger partial charge is 0.494 e. The Morgan fingerprint density at radius 2 is 1.51 bits per heavy atom. The first-order valence-electron chi connectivity index (χ1n) is 21.3. The molecule has 7 aromatic rings. The molecule has 7 rings (SSSR count). The van der Waals surface area contributed by atoms with E-state index in [0.29, 0.717) is 87.7 Å². The van der Waals surface area contributed by atoms with Gasteiger partial charge in [0.1, 0.15) is 34.1 Å². The van der Waals surface area contributed by atoms with Gasteiger partial charge in [-0.15, -0.1) is 0 Å². The minimum absolute atomic E-state index is 0.192. The number of fused-ring (bicyclic) bond motifs is 4. The number of carbonyl (C=O) groups excluding carboxylic acids is 3. The van der Waals surface area contributed by atoms with Crippen molar-refractivity contribution in [2.24, 2.45) is 11.5 Å². The van der Waals surface area contributed by atoms with Crippen LogP contribution in [0.25, 0.3) is 44.5 Å². The van der Waals surface area contributed by atoms with Gasteiger partial charge in [0.2, 0.25) is 24.2 Å². The first kappa shape index (κ1) is 45.9. The van der Waals surface area contributed by atoms with E-state index in [2.05, 4.69) is 20.8 Å². The quantitative estimate of drug-likeness (QED) is 0.0415. The summed E-state index contributed by atoms with van der Waals surface area (Å²) in [6.07, 6.45) is 4.89. The molecule has 5 aromatic heterocycles. The highest BCUT2D eigenvalue weighted by molar-refractivity contribution is 6.12. The first-order valence-corrected chi connectivity index (χ1v) is 21.3. The van der Waals surface area contributed by atoms with Gasteiger partial charge in [-0.1, -0.05) is 12.2 Å². The molecule has 0 aliphatic rings. The van der Waals surface area contributed by atoms with Crippen LogP contribution in [0.2, 0.25) is 0 Å². The average Bonchev–Trinajstić information content (AvgIpc) is 4.01. The predicted octanol–water partition coefficient (Wildman–Crippen LogP) is 4.82. The van der Waals surface area contributed by atoms with Gasteiger partial charge >= 0.3 is 0 Å². The molecule has 0 saturated carbocycles. The molecule has 0 saturated heterocycles. The lowest BCUT2D eigenvalue weighted by Gasteiger charge is -2.24. The van der Waals surface area contributed by atoms with E-state index < -0.39 is 29.7 Å². The van der Waals surface area contributed by atoms with Crippen LogP contribution in [0.4, 0.5) is 5.95 Å². The second kappa shape index (κ2) is 18.9. The van der Waals surface area contributed by atoms with Gasteiger partial charge in [0.25, 0.3) is 5.91 Å². The second-order valence-corrected chi connectivity index (χ2v) is 16.4. The Bertz CT molecular complexity index is 2950. The highest BCUT2D eigenvalue weighted by Gasteiger charge is 2.24. The molecule has 1 atom stereocenters. The zero-order chi connectivity index (χ0) is 46.7. The number of ether oxygens (including phenoxy) is 3. The molecule has 0 aliphatic carbocycles. The molecule has 5 heterocycles. The van der Waals surface area contributed by atoms with Crippen LogP contribution in [0.5, 0.6) is 11.5 Å². The molecule has 0 spiro atoms. The monoisotopic (exact) mass is 889 g/mol. The first-order chi connectivity index (χ1) is 31.0. The molecule has 7 N–H and O–H groups in total. The molecule has 342 valence electrons. The van der Waals surface area contributed by atoms with Crippen LogP contribution in [-0.4, -0.2) is 98.8 Å². The Morgan fingerprint density at radius 3 is 2.18 bits per heavy atom. The van der Waals surface area contributed by atoms with Crippen molar-refractivity contribution in [3.63, 3.8) is 0 Å². The SMILES string of the molecule is CCn1nc(C)cc1C(=O)Nc1nc2cc(C(N)=O)cc(OC)c2n1C/C=C/Cn1c2nc(-c3cc(C)nn3CC)ncc2c2cc(C(N)=O)cc(OCCCNC(O)OC(C)(C)C)c21. The Hall–Kier alpha value is -7.16. The summed E-state index contributed by atoms with van der Waals surface area (Å²) in [6, 6.07) is 10.0. The van der Waals surface area contributed by atoms with Crippen molar-refractivity contribution < 1.29 is 33.7 Å². The number of aliphatic hydroxyl groups excluding tert-OH is 1. The molecule has 20 nitrogen and oxygen atoms in total. The number of amides is 3. The highest BCUT2D eigenvalue weighted by Crippen LogP contribution is 2.37. The van der Waals surface area contributed by atoms with Crippen LogP contribution < -0.4 is 31.6 Å². The number of benzene rings is 2. The van der Waals surface area contributed by atoms with E-state index in [1.165, 1.54) is 13.2 Å². The highest BCUT2D eigenvalue weighted by atomic mass is 16.6. The molecular weight excluding hydrogens is 835 g/mol. The third kappa shape index (κ3) is 9.83. The lowest BCUT2D eigenvalue weighted by Crippen LogP contribution is -2.38. The third-order valence-electron chi connectivity index (χ3n) is 10.5. The maximum absolute atomic E-state index is 13.7. The van der Waals surface area contributed by atoms with Gasteiger partial charge in [0, 0.05) is 60.8 Å². The van der Waals surface area contributed by atoms with E-state index in [9.17, 15) is 19.5 Å². The molecule has 65 heavy (non-hydrogen) atoms.